The zero-order valence-corrected chi connectivity index (χ0v) is 58.2. The quantitative estimate of drug-likeness (QED) is 0.173. The summed E-state index contributed by atoms with van der Waals surface area (Å²) in [5, 5.41) is 18.2. The highest BCUT2D eigenvalue weighted by Gasteiger charge is 2.31. The molecule has 0 spiro atoms. The van der Waals surface area contributed by atoms with Crippen LogP contribution in [-0.4, -0.2) is 19.9 Å². The first-order chi connectivity index (χ1) is 44.4. The van der Waals surface area contributed by atoms with Gasteiger partial charge in [-0.15, -0.1) is 0 Å². The number of hydrogen-bond acceptors (Lipinski definition) is 2. The number of fused-ring (bicyclic) bond motifs is 14. The van der Waals surface area contributed by atoms with Gasteiger partial charge in [-0.1, -0.05) is 252 Å². The highest BCUT2D eigenvalue weighted by atomic mass is 14.8. The second kappa shape index (κ2) is 20.1. The van der Waals surface area contributed by atoms with Crippen LogP contribution in [0.5, 0.6) is 0 Å². The summed E-state index contributed by atoms with van der Waals surface area (Å²) in [5.41, 5.74) is 23.3. The number of aromatic nitrogens is 4. The maximum atomic E-state index is 6.08. The molecular formula is C90H86N4. The molecule has 2 N–H and O–H groups in total. The molecule has 466 valence electrons. The van der Waals surface area contributed by atoms with Crippen LogP contribution in [0.25, 0.3) is 166 Å². The summed E-state index contributed by atoms with van der Waals surface area (Å²) in [4.78, 5) is 20.5. The van der Waals surface area contributed by atoms with E-state index in [9.17, 15) is 0 Å². The van der Waals surface area contributed by atoms with Crippen molar-refractivity contribution in [3.05, 3.63) is 214 Å². The molecule has 0 saturated carbocycles. The van der Waals surface area contributed by atoms with Crippen molar-refractivity contribution in [2.75, 3.05) is 0 Å². The molecule has 0 saturated heterocycles. The Balaban J connectivity index is 1.12. The van der Waals surface area contributed by atoms with Crippen LogP contribution in [0, 0.1) is 0 Å². The predicted octanol–water partition coefficient (Wildman–Crippen LogP) is 25.5. The maximum absolute atomic E-state index is 6.08. The molecule has 0 unspecified atom stereocenters. The fraction of sp³-hybridized carbons (Fsp3) is 0.267. The van der Waals surface area contributed by atoms with Crippen LogP contribution in [0.4, 0.5) is 0 Å². The third-order valence-corrected chi connectivity index (χ3v) is 20.9. The van der Waals surface area contributed by atoms with E-state index in [1.54, 1.807) is 0 Å². The topological polar surface area (TPSA) is 57.4 Å². The first-order valence-electron chi connectivity index (χ1n) is 34.0. The highest BCUT2D eigenvalue weighted by Crippen LogP contribution is 2.56. The van der Waals surface area contributed by atoms with Crippen LogP contribution in [0.15, 0.2) is 158 Å². The molecule has 4 nitrogen and oxygen atoms in total. The Morgan fingerprint density at radius 1 is 0.234 bits per heavy atom. The highest BCUT2D eigenvalue weighted by molar-refractivity contribution is 6.52. The fourth-order valence-corrected chi connectivity index (χ4v) is 15.5. The summed E-state index contributed by atoms with van der Waals surface area (Å²) in [5.74, 6) is 0. The van der Waals surface area contributed by atoms with Crippen molar-refractivity contribution in [1.82, 2.24) is 19.9 Å². The molecule has 8 bridgehead atoms. The van der Waals surface area contributed by atoms with Gasteiger partial charge in [0.2, 0.25) is 0 Å². The second-order valence-electron chi connectivity index (χ2n) is 33.7. The Labute approximate surface area is 554 Å². The van der Waals surface area contributed by atoms with Crippen molar-refractivity contribution >= 4 is 122 Å². The summed E-state index contributed by atoms with van der Waals surface area (Å²) in [7, 11) is 0. The monoisotopic (exact) mass is 1220 g/mol. The number of H-pyrrole nitrogens is 2. The number of benzene rings is 10. The molecule has 4 heteroatoms. The largest absolute Gasteiger partial charge is 0.354 e. The minimum atomic E-state index is -0.131. The zero-order chi connectivity index (χ0) is 65.8. The lowest BCUT2D eigenvalue weighted by Gasteiger charge is -2.26. The number of nitrogens with one attached hydrogen (secondary N) is 2. The molecule has 0 radical (unpaired) electrons. The van der Waals surface area contributed by atoms with E-state index in [0.717, 1.165) is 89.4 Å². The zero-order valence-electron chi connectivity index (χ0n) is 58.2. The van der Waals surface area contributed by atoms with Gasteiger partial charge in [0, 0.05) is 44.3 Å². The van der Waals surface area contributed by atoms with E-state index in [4.69, 9.17) is 9.97 Å². The lowest BCUT2D eigenvalue weighted by atomic mass is 9.78. The lowest BCUT2D eigenvalue weighted by Crippen LogP contribution is -2.16. The van der Waals surface area contributed by atoms with Crippen molar-refractivity contribution in [3.8, 4) is 44.5 Å². The minimum absolute atomic E-state index is 0.119. The molecule has 0 amide bonds. The van der Waals surface area contributed by atoms with E-state index in [1.807, 2.05) is 0 Å². The molecule has 14 aromatic rings. The second-order valence-corrected chi connectivity index (χ2v) is 33.7. The first-order valence-corrected chi connectivity index (χ1v) is 34.0. The lowest BCUT2D eigenvalue weighted by molar-refractivity contribution is 0.568. The minimum Gasteiger partial charge on any atom is -0.354 e. The van der Waals surface area contributed by atoms with Crippen LogP contribution in [-0.2, 0) is 32.5 Å². The Morgan fingerprint density at radius 2 is 0.479 bits per heavy atom. The third-order valence-electron chi connectivity index (χ3n) is 20.9. The average Bonchev–Trinajstić information content (AvgIpc) is 1.50. The maximum Gasteiger partial charge on any atom is 0.0737 e. The average molecular weight is 1220 g/mol. The van der Waals surface area contributed by atoms with Crippen LogP contribution in [0.3, 0.4) is 0 Å². The number of nitrogens with zero attached hydrogens (tertiary/aromatic N) is 2. The number of rotatable bonds is 4. The molecule has 0 fully saturated rings. The van der Waals surface area contributed by atoms with Gasteiger partial charge in [0.15, 0.2) is 0 Å². The molecule has 2 aliphatic heterocycles. The van der Waals surface area contributed by atoms with E-state index in [1.165, 1.54) is 109 Å². The van der Waals surface area contributed by atoms with E-state index in [0.29, 0.717) is 0 Å². The summed E-state index contributed by atoms with van der Waals surface area (Å²) in [6.45, 7) is 42.0. The first kappa shape index (κ1) is 59.6. The smallest absolute Gasteiger partial charge is 0.0737 e. The summed E-state index contributed by atoms with van der Waals surface area (Å²) in [6, 6.07) is 61.4. The van der Waals surface area contributed by atoms with Gasteiger partial charge in [0.1, 0.15) is 0 Å². The van der Waals surface area contributed by atoms with Gasteiger partial charge < -0.3 is 9.97 Å². The normalized spacial score (nSPS) is 13.8. The van der Waals surface area contributed by atoms with Gasteiger partial charge in [-0.05, 0) is 218 Å². The summed E-state index contributed by atoms with van der Waals surface area (Å²) < 4.78 is 0. The Bertz CT molecular complexity index is 5560. The van der Waals surface area contributed by atoms with Crippen LogP contribution in [0.1, 0.15) is 181 Å². The van der Waals surface area contributed by atoms with Crippen molar-refractivity contribution in [2.45, 2.75) is 157 Å². The summed E-state index contributed by atoms with van der Waals surface area (Å²) >= 11 is 0. The van der Waals surface area contributed by atoms with E-state index < -0.39 is 0 Å². The Kier molecular flexibility index (Phi) is 12.7. The van der Waals surface area contributed by atoms with Gasteiger partial charge in [-0.3, -0.25) is 0 Å². The van der Waals surface area contributed by atoms with Gasteiger partial charge in [-0.25, -0.2) is 9.97 Å². The summed E-state index contributed by atoms with van der Waals surface area (Å²) in [6.07, 6.45) is 9.13. The predicted molar refractivity (Wildman–Crippen MR) is 409 cm³/mol. The number of aromatic amines is 2. The van der Waals surface area contributed by atoms with E-state index in [2.05, 4.69) is 317 Å². The molecule has 94 heavy (non-hydrogen) atoms. The molecule has 2 aliphatic rings. The van der Waals surface area contributed by atoms with Gasteiger partial charge in [0.05, 0.1) is 22.8 Å². The van der Waals surface area contributed by atoms with Gasteiger partial charge in [-0.2, -0.15) is 0 Å². The van der Waals surface area contributed by atoms with Crippen molar-refractivity contribution in [1.29, 1.82) is 0 Å². The molecule has 0 aliphatic carbocycles. The standard InChI is InChI=1S/C90H86N4/c1-85(2,3)52-39-49(40-53(45-52)86(4,5)6)76-68-31-33-70(91-68)77(50-41-54(87(7,8)9)46-55(42-50)88(10,11)12)72-35-37-74(93-72)79(75-38-36-73(94-75)78(71-34-32-69(76)92-71)51-43-56(89(13,14)15)47-57(44-51)90(16,17)18)67-48-66-61-26-22-21-25-60(61)64-28-27-62-58-23-19-20-24-59(58)63-29-30-65(67)83-81(63)80(62)82(64)84(66)83/h19-48,91,94H,1-18H3. The molecule has 0 atom stereocenters. The van der Waals surface area contributed by atoms with E-state index in [-0.39, 0.29) is 32.5 Å². The molecule has 11 aromatic carbocycles. The Morgan fingerprint density at radius 3 is 0.777 bits per heavy atom. The van der Waals surface area contributed by atoms with Crippen molar-refractivity contribution in [2.24, 2.45) is 0 Å². The van der Waals surface area contributed by atoms with Gasteiger partial charge >= 0.3 is 0 Å². The van der Waals surface area contributed by atoms with Crippen LogP contribution < -0.4 is 0 Å². The molecule has 16 rings (SSSR count). The third kappa shape index (κ3) is 9.35. The molecule has 3 aromatic heterocycles. The van der Waals surface area contributed by atoms with Crippen LogP contribution in [0.2, 0.25) is 0 Å². The van der Waals surface area contributed by atoms with Gasteiger partial charge in [0.25, 0.3) is 0 Å². The van der Waals surface area contributed by atoms with Crippen molar-refractivity contribution in [3.63, 3.8) is 0 Å². The number of hydrogen-bond donors (Lipinski definition) is 2. The SMILES string of the molecule is CC(C)(C)c1cc(-c2c3nc(c(-c4cc(C(C)(C)C)cc(C(C)(C)C)c4)c4ccc([nH]4)c(-c4cc5c6ccccc6c6ccc7c8ccccc8c8ccc4c4c8c7c6c54)c4nc(c(-c5cc(C(C)(C)C)cc(C(C)(C)C)c5)c5ccc2[nH]5)C=C4)C=C3)cc(C(C)(C)C)c1. The molecular weight excluding hydrogens is 1140 g/mol. The van der Waals surface area contributed by atoms with E-state index >= 15 is 0 Å². The van der Waals surface area contributed by atoms with Crippen LogP contribution >= 0.6 is 0 Å². The van der Waals surface area contributed by atoms with Crippen molar-refractivity contribution < 1.29 is 0 Å². The molecule has 5 heterocycles. The fourth-order valence-electron chi connectivity index (χ4n) is 15.5. The Hall–Kier alpha value is -9.38.